The highest BCUT2D eigenvalue weighted by Gasteiger charge is 2.23. The van der Waals surface area contributed by atoms with Crippen LogP contribution in [0.1, 0.15) is 37.9 Å². The summed E-state index contributed by atoms with van der Waals surface area (Å²) in [5.41, 5.74) is 0. The largest absolute Gasteiger partial charge is 0.385 e. The van der Waals surface area contributed by atoms with Gasteiger partial charge in [-0.2, -0.15) is 0 Å². The van der Waals surface area contributed by atoms with E-state index in [0.717, 1.165) is 44.8 Å². The zero-order valence-electron chi connectivity index (χ0n) is 13.1. The summed E-state index contributed by atoms with van der Waals surface area (Å²) in [6, 6.07) is 0. The van der Waals surface area contributed by atoms with E-state index >= 15 is 0 Å². The SMILES string of the molecule is COCCCC1CCCN(C(=O)CCc2nncn2C)C1. The molecule has 21 heavy (non-hydrogen) atoms. The molecule has 1 atom stereocenters. The van der Waals surface area contributed by atoms with Gasteiger partial charge in [-0.15, -0.1) is 10.2 Å². The number of hydrogen-bond donors (Lipinski definition) is 0. The van der Waals surface area contributed by atoms with Gasteiger partial charge in [0.25, 0.3) is 0 Å². The molecular formula is C15H26N4O2. The molecule has 1 aliphatic heterocycles. The molecule has 2 rings (SSSR count). The first-order chi connectivity index (χ1) is 10.2. The second-order valence-corrected chi connectivity index (χ2v) is 5.84. The highest BCUT2D eigenvalue weighted by molar-refractivity contribution is 5.76. The number of hydrogen-bond acceptors (Lipinski definition) is 4. The van der Waals surface area contributed by atoms with Gasteiger partial charge >= 0.3 is 0 Å². The van der Waals surface area contributed by atoms with Crippen LogP contribution in [0.3, 0.4) is 0 Å². The number of ether oxygens (including phenoxy) is 1. The summed E-state index contributed by atoms with van der Waals surface area (Å²) in [6.45, 7) is 2.62. The Bertz CT molecular complexity index is 447. The number of methoxy groups -OCH3 is 1. The molecule has 2 heterocycles. The maximum Gasteiger partial charge on any atom is 0.223 e. The van der Waals surface area contributed by atoms with Crippen molar-refractivity contribution in [1.29, 1.82) is 0 Å². The van der Waals surface area contributed by atoms with Gasteiger partial charge in [0.05, 0.1) is 0 Å². The highest BCUT2D eigenvalue weighted by Crippen LogP contribution is 2.21. The summed E-state index contributed by atoms with van der Waals surface area (Å²) >= 11 is 0. The average Bonchev–Trinajstić information content (AvgIpc) is 2.91. The molecule has 6 heteroatoms. The molecule has 1 amide bonds. The molecule has 0 aliphatic carbocycles. The first-order valence-corrected chi connectivity index (χ1v) is 7.80. The van der Waals surface area contributed by atoms with Crippen molar-refractivity contribution >= 4 is 5.91 Å². The van der Waals surface area contributed by atoms with Crippen LogP contribution in [0.5, 0.6) is 0 Å². The molecular weight excluding hydrogens is 268 g/mol. The Morgan fingerprint density at radius 2 is 2.38 bits per heavy atom. The highest BCUT2D eigenvalue weighted by atomic mass is 16.5. The van der Waals surface area contributed by atoms with Gasteiger partial charge in [-0.3, -0.25) is 4.79 Å². The number of amides is 1. The van der Waals surface area contributed by atoms with Crippen molar-refractivity contribution in [2.45, 2.75) is 38.5 Å². The van der Waals surface area contributed by atoms with E-state index in [2.05, 4.69) is 10.2 Å². The van der Waals surface area contributed by atoms with Crippen molar-refractivity contribution in [3.63, 3.8) is 0 Å². The van der Waals surface area contributed by atoms with Crippen molar-refractivity contribution in [1.82, 2.24) is 19.7 Å². The number of likely N-dealkylation sites (tertiary alicyclic amines) is 1. The van der Waals surface area contributed by atoms with Crippen LogP contribution in [0.25, 0.3) is 0 Å². The lowest BCUT2D eigenvalue weighted by Gasteiger charge is -2.33. The van der Waals surface area contributed by atoms with Gasteiger partial charge in [0.15, 0.2) is 0 Å². The van der Waals surface area contributed by atoms with E-state index in [9.17, 15) is 4.79 Å². The van der Waals surface area contributed by atoms with Crippen LogP contribution in [0.15, 0.2) is 6.33 Å². The van der Waals surface area contributed by atoms with E-state index in [1.807, 2.05) is 16.5 Å². The van der Waals surface area contributed by atoms with Gasteiger partial charge in [-0.05, 0) is 31.6 Å². The molecule has 0 bridgehead atoms. The zero-order chi connectivity index (χ0) is 15.1. The third-order valence-corrected chi connectivity index (χ3v) is 4.20. The van der Waals surface area contributed by atoms with Crippen LogP contribution in [-0.4, -0.2) is 52.4 Å². The Kier molecular flexibility index (Phi) is 6.17. The van der Waals surface area contributed by atoms with Crippen molar-refractivity contribution in [3.05, 3.63) is 12.2 Å². The first kappa shape index (κ1) is 15.9. The van der Waals surface area contributed by atoms with Crippen LogP contribution in [-0.2, 0) is 23.0 Å². The maximum absolute atomic E-state index is 12.3. The number of piperidine rings is 1. The predicted molar refractivity (Wildman–Crippen MR) is 79.7 cm³/mol. The third kappa shape index (κ3) is 4.81. The van der Waals surface area contributed by atoms with E-state index in [-0.39, 0.29) is 5.91 Å². The van der Waals surface area contributed by atoms with Crippen LogP contribution in [0, 0.1) is 5.92 Å². The summed E-state index contributed by atoms with van der Waals surface area (Å²) in [6.07, 6.45) is 7.46. The Labute approximate surface area is 126 Å². The maximum atomic E-state index is 12.3. The van der Waals surface area contributed by atoms with Crippen molar-refractivity contribution < 1.29 is 9.53 Å². The summed E-state index contributed by atoms with van der Waals surface area (Å²) in [5.74, 6) is 1.75. The average molecular weight is 294 g/mol. The topological polar surface area (TPSA) is 60.2 Å². The Hall–Kier alpha value is -1.43. The molecule has 1 saturated heterocycles. The number of aryl methyl sites for hydroxylation is 2. The van der Waals surface area contributed by atoms with Gasteiger partial charge in [-0.1, -0.05) is 0 Å². The van der Waals surface area contributed by atoms with E-state index in [0.29, 0.717) is 18.8 Å². The van der Waals surface area contributed by atoms with Crippen molar-refractivity contribution in [2.24, 2.45) is 13.0 Å². The molecule has 0 spiro atoms. The van der Waals surface area contributed by atoms with E-state index < -0.39 is 0 Å². The Morgan fingerprint density at radius 3 is 3.10 bits per heavy atom. The van der Waals surface area contributed by atoms with E-state index in [1.54, 1.807) is 13.4 Å². The molecule has 1 aromatic heterocycles. The van der Waals surface area contributed by atoms with Gasteiger partial charge in [0.2, 0.25) is 5.91 Å². The lowest BCUT2D eigenvalue weighted by Crippen LogP contribution is -2.40. The monoisotopic (exact) mass is 294 g/mol. The smallest absolute Gasteiger partial charge is 0.223 e. The van der Waals surface area contributed by atoms with Crippen LogP contribution >= 0.6 is 0 Å². The lowest BCUT2D eigenvalue weighted by molar-refractivity contribution is -0.133. The van der Waals surface area contributed by atoms with Crippen molar-refractivity contribution in [2.75, 3.05) is 26.8 Å². The molecule has 1 fully saturated rings. The van der Waals surface area contributed by atoms with Gasteiger partial charge in [0, 0.05) is 46.7 Å². The quantitative estimate of drug-likeness (QED) is 0.714. The molecule has 1 aliphatic rings. The summed E-state index contributed by atoms with van der Waals surface area (Å²) in [4.78, 5) is 14.3. The molecule has 118 valence electrons. The summed E-state index contributed by atoms with van der Waals surface area (Å²) < 4.78 is 6.97. The van der Waals surface area contributed by atoms with E-state index in [4.69, 9.17) is 4.74 Å². The molecule has 0 saturated carbocycles. The normalized spacial score (nSPS) is 19.0. The number of carbonyl (C=O) groups is 1. The lowest BCUT2D eigenvalue weighted by atomic mass is 9.93. The van der Waals surface area contributed by atoms with Crippen molar-refractivity contribution in [3.8, 4) is 0 Å². The fraction of sp³-hybridized carbons (Fsp3) is 0.800. The van der Waals surface area contributed by atoms with Gasteiger partial charge in [0.1, 0.15) is 12.2 Å². The minimum atomic E-state index is 0.245. The Balaban J connectivity index is 1.75. The second-order valence-electron chi connectivity index (χ2n) is 5.84. The minimum Gasteiger partial charge on any atom is -0.385 e. The molecule has 0 N–H and O–H groups in total. The Morgan fingerprint density at radius 1 is 1.52 bits per heavy atom. The number of aromatic nitrogens is 3. The zero-order valence-corrected chi connectivity index (χ0v) is 13.1. The number of rotatable bonds is 7. The predicted octanol–water partition coefficient (Wildman–Crippen LogP) is 1.41. The molecule has 1 unspecified atom stereocenters. The fourth-order valence-electron chi connectivity index (χ4n) is 2.95. The van der Waals surface area contributed by atoms with Gasteiger partial charge < -0.3 is 14.2 Å². The van der Waals surface area contributed by atoms with Gasteiger partial charge in [-0.25, -0.2) is 0 Å². The van der Waals surface area contributed by atoms with Crippen LogP contribution in [0.4, 0.5) is 0 Å². The van der Waals surface area contributed by atoms with E-state index in [1.165, 1.54) is 6.42 Å². The molecule has 1 aromatic rings. The molecule has 0 aromatic carbocycles. The fourth-order valence-corrected chi connectivity index (χ4v) is 2.95. The summed E-state index contributed by atoms with van der Waals surface area (Å²) in [7, 11) is 3.65. The van der Waals surface area contributed by atoms with Crippen LogP contribution in [0.2, 0.25) is 0 Å². The number of carbonyl (C=O) groups excluding carboxylic acids is 1. The third-order valence-electron chi connectivity index (χ3n) is 4.20. The molecule has 6 nitrogen and oxygen atoms in total. The molecule has 0 radical (unpaired) electrons. The first-order valence-electron chi connectivity index (χ1n) is 7.80. The summed E-state index contributed by atoms with van der Waals surface area (Å²) in [5, 5.41) is 7.87. The number of nitrogens with zero attached hydrogens (tertiary/aromatic N) is 4. The minimum absolute atomic E-state index is 0.245. The second kappa shape index (κ2) is 8.12. The van der Waals surface area contributed by atoms with Crippen LogP contribution < -0.4 is 0 Å². The standard InChI is InChI=1S/C15H26N4O2/c1-18-12-16-17-14(18)7-8-15(20)19-9-3-5-13(11-19)6-4-10-21-2/h12-13H,3-11H2,1-2H3.